The zero-order valence-electron chi connectivity index (χ0n) is 15.8. The third kappa shape index (κ3) is 4.12. The van der Waals surface area contributed by atoms with E-state index < -0.39 is 38.9 Å². The summed E-state index contributed by atoms with van der Waals surface area (Å²) in [5.74, 6) is -1.79. The standard InChI is InChI=1S/C21H18FNO6S/c22-17-6-1-2-7-19(17)30(26,27)23-11-21(25)28-12-15-10-20(24)29-18-9-14-5-3-4-13(14)8-16(15)18/h1-2,6-10,23H,3-5,11-12H2. The van der Waals surface area contributed by atoms with Gasteiger partial charge in [-0.2, -0.15) is 4.72 Å². The van der Waals surface area contributed by atoms with Crippen molar-refractivity contribution >= 4 is 27.0 Å². The van der Waals surface area contributed by atoms with Crippen molar-refractivity contribution in [1.82, 2.24) is 4.72 Å². The summed E-state index contributed by atoms with van der Waals surface area (Å²) in [5, 5.41) is 0.676. The quantitative estimate of drug-likeness (QED) is 0.475. The fraction of sp³-hybridized carbons (Fsp3) is 0.238. The van der Waals surface area contributed by atoms with Crippen LogP contribution in [0, 0.1) is 5.82 Å². The number of carbonyl (C=O) groups is 1. The van der Waals surface area contributed by atoms with Gasteiger partial charge in [0.25, 0.3) is 0 Å². The van der Waals surface area contributed by atoms with Gasteiger partial charge in [0.2, 0.25) is 10.0 Å². The molecule has 1 aromatic heterocycles. The molecule has 0 aliphatic heterocycles. The molecule has 1 N–H and O–H groups in total. The first-order chi connectivity index (χ1) is 14.3. The van der Waals surface area contributed by atoms with Crippen molar-refractivity contribution in [3.05, 3.63) is 75.4 Å². The van der Waals surface area contributed by atoms with Gasteiger partial charge in [-0.15, -0.1) is 0 Å². The third-order valence-corrected chi connectivity index (χ3v) is 6.40. The van der Waals surface area contributed by atoms with Crippen molar-refractivity contribution in [1.29, 1.82) is 0 Å². The fourth-order valence-electron chi connectivity index (χ4n) is 3.52. The second-order valence-electron chi connectivity index (χ2n) is 6.98. The molecular weight excluding hydrogens is 413 g/mol. The van der Waals surface area contributed by atoms with E-state index in [9.17, 15) is 22.4 Å². The van der Waals surface area contributed by atoms with Crippen LogP contribution in [-0.4, -0.2) is 20.9 Å². The van der Waals surface area contributed by atoms with Crippen molar-refractivity contribution in [3.8, 4) is 0 Å². The van der Waals surface area contributed by atoms with Crippen LogP contribution in [0.1, 0.15) is 23.1 Å². The van der Waals surface area contributed by atoms with Crippen molar-refractivity contribution in [3.63, 3.8) is 0 Å². The van der Waals surface area contributed by atoms with E-state index in [4.69, 9.17) is 9.15 Å². The Labute approximate surface area is 171 Å². The number of hydrogen-bond acceptors (Lipinski definition) is 6. The lowest BCUT2D eigenvalue weighted by Crippen LogP contribution is -2.31. The number of sulfonamides is 1. The van der Waals surface area contributed by atoms with Gasteiger partial charge in [-0.25, -0.2) is 17.6 Å². The summed E-state index contributed by atoms with van der Waals surface area (Å²) in [6.07, 6.45) is 2.89. The molecular formula is C21H18FNO6S. The molecule has 0 saturated heterocycles. The molecule has 0 radical (unpaired) electrons. The minimum Gasteiger partial charge on any atom is -0.460 e. The maximum atomic E-state index is 13.7. The number of halogens is 1. The maximum absolute atomic E-state index is 13.7. The van der Waals surface area contributed by atoms with Gasteiger partial charge < -0.3 is 9.15 Å². The highest BCUT2D eigenvalue weighted by Crippen LogP contribution is 2.28. The molecule has 1 heterocycles. The molecule has 0 unspecified atom stereocenters. The molecule has 7 nitrogen and oxygen atoms in total. The Morgan fingerprint density at radius 1 is 1.13 bits per heavy atom. The lowest BCUT2D eigenvalue weighted by atomic mass is 10.0. The Morgan fingerprint density at radius 2 is 1.87 bits per heavy atom. The second kappa shape index (κ2) is 8.00. The third-order valence-electron chi connectivity index (χ3n) is 4.96. The molecule has 1 aliphatic rings. The predicted molar refractivity (Wildman–Crippen MR) is 106 cm³/mol. The van der Waals surface area contributed by atoms with Crippen LogP contribution in [0.25, 0.3) is 11.0 Å². The van der Waals surface area contributed by atoms with Gasteiger partial charge in [0.05, 0.1) is 0 Å². The zero-order chi connectivity index (χ0) is 21.3. The average molecular weight is 431 g/mol. The van der Waals surface area contributed by atoms with Crippen LogP contribution >= 0.6 is 0 Å². The Balaban J connectivity index is 1.46. The van der Waals surface area contributed by atoms with E-state index in [0.717, 1.165) is 37.0 Å². The Hall–Kier alpha value is -3.04. The van der Waals surface area contributed by atoms with E-state index in [1.165, 1.54) is 23.8 Å². The minimum absolute atomic E-state index is 0.221. The van der Waals surface area contributed by atoms with Gasteiger partial charge in [0.15, 0.2) is 0 Å². The molecule has 3 aromatic rings. The summed E-state index contributed by atoms with van der Waals surface area (Å²) in [5.41, 5.74) is 2.64. The zero-order valence-corrected chi connectivity index (χ0v) is 16.6. The van der Waals surface area contributed by atoms with Crippen LogP contribution in [0.5, 0.6) is 0 Å². The molecule has 4 rings (SSSR count). The molecule has 30 heavy (non-hydrogen) atoms. The number of nitrogens with one attached hydrogen (secondary N) is 1. The first-order valence-corrected chi connectivity index (χ1v) is 10.8. The monoisotopic (exact) mass is 431 g/mol. The summed E-state index contributed by atoms with van der Waals surface area (Å²) < 4.78 is 50.4. The van der Waals surface area contributed by atoms with Crippen LogP contribution in [-0.2, 0) is 39.0 Å². The highest BCUT2D eigenvalue weighted by atomic mass is 32.2. The Bertz CT molecular complexity index is 1300. The average Bonchev–Trinajstić information content (AvgIpc) is 3.16. The molecule has 1 aliphatic carbocycles. The molecule has 2 aromatic carbocycles. The predicted octanol–water partition coefficient (Wildman–Crippen LogP) is 2.44. The van der Waals surface area contributed by atoms with Gasteiger partial charge in [0.1, 0.15) is 29.4 Å². The summed E-state index contributed by atoms with van der Waals surface area (Å²) in [6, 6.07) is 9.86. The molecule has 9 heteroatoms. The van der Waals surface area contributed by atoms with Gasteiger partial charge in [-0.3, -0.25) is 4.79 Å². The molecule has 156 valence electrons. The lowest BCUT2D eigenvalue weighted by Gasteiger charge is -2.10. The van der Waals surface area contributed by atoms with E-state index in [-0.39, 0.29) is 6.61 Å². The SMILES string of the molecule is O=C(CNS(=O)(=O)c1ccccc1F)OCc1cc(=O)oc2cc3c(cc12)CCC3. The Kier molecular flexibility index (Phi) is 5.40. The van der Waals surface area contributed by atoms with Crippen LogP contribution in [0.2, 0.25) is 0 Å². The van der Waals surface area contributed by atoms with Crippen LogP contribution in [0.4, 0.5) is 4.39 Å². The number of ether oxygens (including phenoxy) is 1. The van der Waals surface area contributed by atoms with E-state index in [2.05, 4.69) is 0 Å². The molecule has 0 fully saturated rings. The first-order valence-electron chi connectivity index (χ1n) is 9.32. The normalized spacial score (nSPS) is 13.4. The largest absolute Gasteiger partial charge is 0.460 e. The summed E-state index contributed by atoms with van der Waals surface area (Å²) >= 11 is 0. The van der Waals surface area contributed by atoms with Crippen LogP contribution < -0.4 is 10.3 Å². The summed E-state index contributed by atoms with van der Waals surface area (Å²) in [6.45, 7) is -0.896. The van der Waals surface area contributed by atoms with Crippen molar-refractivity contribution in [2.75, 3.05) is 6.54 Å². The molecule has 0 spiro atoms. The highest BCUT2D eigenvalue weighted by Gasteiger charge is 2.20. The van der Waals surface area contributed by atoms with Gasteiger partial charge in [0, 0.05) is 17.0 Å². The van der Waals surface area contributed by atoms with Crippen molar-refractivity contribution < 1.29 is 26.8 Å². The van der Waals surface area contributed by atoms with Gasteiger partial charge in [-0.1, -0.05) is 12.1 Å². The molecule has 0 bridgehead atoms. The van der Waals surface area contributed by atoms with E-state index in [1.54, 1.807) is 0 Å². The second-order valence-corrected chi connectivity index (χ2v) is 8.71. The van der Waals surface area contributed by atoms with E-state index in [0.29, 0.717) is 16.5 Å². The Morgan fingerprint density at radius 3 is 2.63 bits per heavy atom. The van der Waals surface area contributed by atoms with Gasteiger partial charge in [-0.05, 0) is 54.7 Å². The fourth-order valence-corrected chi connectivity index (χ4v) is 4.56. The van der Waals surface area contributed by atoms with E-state index in [1.807, 2.05) is 16.9 Å². The first kappa shape index (κ1) is 20.2. The number of carbonyl (C=O) groups excluding carboxylic acids is 1. The minimum atomic E-state index is -4.21. The van der Waals surface area contributed by atoms with E-state index >= 15 is 0 Å². The molecule has 0 atom stereocenters. The van der Waals surface area contributed by atoms with Crippen LogP contribution in [0.15, 0.2) is 56.6 Å². The smallest absolute Gasteiger partial charge is 0.336 e. The number of aryl methyl sites for hydroxylation is 2. The summed E-state index contributed by atoms with van der Waals surface area (Å²) in [7, 11) is -4.21. The topological polar surface area (TPSA) is 103 Å². The lowest BCUT2D eigenvalue weighted by molar-refractivity contribution is -0.143. The number of fused-ring (bicyclic) bond motifs is 2. The number of rotatable bonds is 6. The number of benzene rings is 2. The number of hydrogen-bond donors (Lipinski definition) is 1. The van der Waals surface area contributed by atoms with Gasteiger partial charge >= 0.3 is 11.6 Å². The van der Waals surface area contributed by atoms with Crippen molar-refractivity contribution in [2.24, 2.45) is 0 Å². The highest BCUT2D eigenvalue weighted by molar-refractivity contribution is 7.89. The molecule has 0 amide bonds. The van der Waals surface area contributed by atoms with Crippen molar-refractivity contribution in [2.45, 2.75) is 30.8 Å². The maximum Gasteiger partial charge on any atom is 0.336 e. The van der Waals surface area contributed by atoms with Crippen LogP contribution in [0.3, 0.4) is 0 Å². The summed E-state index contributed by atoms with van der Waals surface area (Å²) in [4.78, 5) is 23.3. The molecule has 0 saturated carbocycles. The number of esters is 1.